The van der Waals surface area contributed by atoms with Gasteiger partial charge in [0.05, 0.1) is 17.4 Å². The number of hydrogen-bond acceptors (Lipinski definition) is 4. The van der Waals surface area contributed by atoms with E-state index in [1.165, 1.54) is 10.5 Å². The van der Waals surface area contributed by atoms with Gasteiger partial charge in [-0.15, -0.1) is 0 Å². The number of hydrogen-bond donors (Lipinski definition) is 2. The summed E-state index contributed by atoms with van der Waals surface area (Å²) in [4.78, 5) is 29.1. The number of aryl methyl sites for hydroxylation is 1. The van der Waals surface area contributed by atoms with E-state index < -0.39 is 23.1 Å². The van der Waals surface area contributed by atoms with Crippen molar-refractivity contribution in [3.63, 3.8) is 0 Å². The van der Waals surface area contributed by atoms with Gasteiger partial charge in [0.25, 0.3) is 5.56 Å². The molecule has 1 aromatic carbocycles. The average molecular weight is 426 g/mol. The largest absolute Gasteiger partial charge is 0.368 e. The van der Waals surface area contributed by atoms with Crippen LogP contribution in [-0.2, 0) is 0 Å². The van der Waals surface area contributed by atoms with Crippen molar-refractivity contribution in [1.29, 1.82) is 0 Å². The summed E-state index contributed by atoms with van der Waals surface area (Å²) in [5, 5.41) is 0. The fraction of sp³-hybridized carbons (Fsp3) is 0.391. The number of rotatable bonds is 4. The zero-order valence-electron chi connectivity index (χ0n) is 17.2. The summed E-state index contributed by atoms with van der Waals surface area (Å²) in [7, 11) is 0. The molecule has 2 aromatic heterocycles. The molecule has 5 rings (SSSR count). The van der Waals surface area contributed by atoms with E-state index in [0.717, 1.165) is 19.0 Å². The predicted octanol–water partition coefficient (Wildman–Crippen LogP) is 2.98. The standard InChI is InChI=1S/C23H24F2N4O2/c1-12-20(28-9-8-14(10-28)19(26)15-4-2-3-5-16(15)24)17(25)11-29-21(12)18(13-6-7-13)22(30)27-23(29)31/h2-5,11,13-14,19H,6-10,26H2,1H3,(H,27,30,31). The molecule has 0 amide bonds. The van der Waals surface area contributed by atoms with E-state index in [2.05, 4.69) is 4.98 Å². The van der Waals surface area contributed by atoms with Crippen molar-refractivity contribution in [2.75, 3.05) is 18.0 Å². The Bertz CT molecular complexity index is 1300. The molecule has 3 aromatic rings. The van der Waals surface area contributed by atoms with Crippen molar-refractivity contribution in [2.45, 2.75) is 38.1 Å². The van der Waals surface area contributed by atoms with E-state index in [1.54, 1.807) is 25.1 Å². The average Bonchev–Trinajstić information content (AvgIpc) is 3.45. The fourth-order valence-corrected chi connectivity index (χ4v) is 4.96. The number of anilines is 1. The molecule has 8 heteroatoms. The van der Waals surface area contributed by atoms with E-state index in [0.29, 0.717) is 47.4 Å². The van der Waals surface area contributed by atoms with E-state index in [1.807, 2.05) is 4.90 Å². The highest BCUT2D eigenvalue weighted by Crippen LogP contribution is 2.42. The van der Waals surface area contributed by atoms with E-state index in [4.69, 9.17) is 5.73 Å². The highest BCUT2D eigenvalue weighted by Gasteiger charge is 2.34. The fourth-order valence-electron chi connectivity index (χ4n) is 4.96. The highest BCUT2D eigenvalue weighted by molar-refractivity contribution is 5.72. The maximum Gasteiger partial charge on any atom is 0.333 e. The molecule has 3 heterocycles. The van der Waals surface area contributed by atoms with Crippen molar-refractivity contribution in [2.24, 2.45) is 11.7 Å². The highest BCUT2D eigenvalue weighted by atomic mass is 19.1. The van der Waals surface area contributed by atoms with Crippen molar-refractivity contribution in [3.05, 3.63) is 79.6 Å². The Morgan fingerprint density at radius 2 is 1.87 bits per heavy atom. The minimum atomic E-state index is -0.640. The van der Waals surface area contributed by atoms with Crippen LogP contribution in [-0.4, -0.2) is 22.5 Å². The van der Waals surface area contributed by atoms with Crippen LogP contribution in [0.25, 0.3) is 5.52 Å². The third-order valence-corrected chi connectivity index (χ3v) is 6.66. The van der Waals surface area contributed by atoms with E-state index in [-0.39, 0.29) is 17.7 Å². The topological polar surface area (TPSA) is 83.6 Å². The molecule has 1 saturated heterocycles. The molecule has 2 atom stereocenters. The first-order valence-corrected chi connectivity index (χ1v) is 10.6. The number of fused-ring (bicyclic) bond motifs is 1. The number of aromatic amines is 1. The maximum atomic E-state index is 15.2. The first-order valence-electron chi connectivity index (χ1n) is 10.6. The molecule has 1 saturated carbocycles. The SMILES string of the molecule is Cc1c(N2CCC(C(N)c3ccccc3F)C2)c(F)cn2c(=O)[nH]c(=O)c(C3CC3)c12. The summed E-state index contributed by atoms with van der Waals surface area (Å²) < 4.78 is 30.6. The molecule has 6 nitrogen and oxygen atoms in total. The predicted molar refractivity (Wildman–Crippen MR) is 115 cm³/mol. The number of nitrogens with two attached hydrogens (primary N) is 1. The van der Waals surface area contributed by atoms with Gasteiger partial charge in [-0.25, -0.2) is 13.6 Å². The summed E-state index contributed by atoms with van der Waals surface area (Å²) in [5.41, 5.74) is 7.80. The van der Waals surface area contributed by atoms with Crippen LogP contribution in [0.5, 0.6) is 0 Å². The first-order chi connectivity index (χ1) is 14.9. The van der Waals surface area contributed by atoms with Gasteiger partial charge in [0.15, 0.2) is 5.82 Å². The zero-order chi connectivity index (χ0) is 21.9. The molecular weight excluding hydrogens is 402 g/mol. The second-order valence-electron chi connectivity index (χ2n) is 8.66. The molecule has 0 spiro atoms. The van der Waals surface area contributed by atoms with Crippen LogP contribution in [0.3, 0.4) is 0 Å². The van der Waals surface area contributed by atoms with Crippen molar-refractivity contribution >= 4 is 11.2 Å². The van der Waals surface area contributed by atoms with Crippen molar-refractivity contribution < 1.29 is 8.78 Å². The van der Waals surface area contributed by atoms with Crippen molar-refractivity contribution in [3.8, 4) is 0 Å². The minimum Gasteiger partial charge on any atom is -0.368 e. The monoisotopic (exact) mass is 426 g/mol. The molecule has 1 aliphatic heterocycles. The smallest absolute Gasteiger partial charge is 0.333 e. The second kappa shape index (κ2) is 7.30. The molecule has 162 valence electrons. The van der Waals surface area contributed by atoms with Crippen LogP contribution in [0.1, 0.15) is 47.9 Å². The van der Waals surface area contributed by atoms with Crippen LogP contribution in [0.4, 0.5) is 14.5 Å². The van der Waals surface area contributed by atoms with Gasteiger partial charge >= 0.3 is 5.69 Å². The molecule has 0 bridgehead atoms. The van der Waals surface area contributed by atoms with Crippen molar-refractivity contribution in [1.82, 2.24) is 9.38 Å². The zero-order valence-corrected chi connectivity index (χ0v) is 17.2. The van der Waals surface area contributed by atoms with Gasteiger partial charge in [0.2, 0.25) is 0 Å². The Morgan fingerprint density at radius 1 is 1.13 bits per heavy atom. The van der Waals surface area contributed by atoms with Crippen LogP contribution in [0, 0.1) is 24.5 Å². The van der Waals surface area contributed by atoms with Crippen LogP contribution in [0.2, 0.25) is 0 Å². The number of pyridine rings is 1. The van der Waals surface area contributed by atoms with Gasteiger partial charge in [0, 0.05) is 35.8 Å². The van der Waals surface area contributed by atoms with E-state index >= 15 is 4.39 Å². The maximum absolute atomic E-state index is 15.2. The molecule has 2 aliphatic rings. The number of benzene rings is 1. The number of aromatic nitrogens is 2. The molecular formula is C23H24F2N4O2. The molecule has 1 aliphatic carbocycles. The summed E-state index contributed by atoms with van der Waals surface area (Å²) >= 11 is 0. The molecule has 31 heavy (non-hydrogen) atoms. The third-order valence-electron chi connectivity index (χ3n) is 6.66. The van der Waals surface area contributed by atoms with Gasteiger partial charge in [-0.1, -0.05) is 18.2 Å². The lowest BCUT2D eigenvalue weighted by Gasteiger charge is -2.25. The molecule has 3 N–H and O–H groups in total. The van der Waals surface area contributed by atoms with Gasteiger partial charge < -0.3 is 10.6 Å². The van der Waals surface area contributed by atoms with Crippen LogP contribution in [0.15, 0.2) is 40.1 Å². The second-order valence-corrected chi connectivity index (χ2v) is 8.66. The normalized spacial score (nSPS) is 19.9. The Kier molecular flexibility index (Phi) is 4.69. The Hall–Kier alpha value is -3.00. The minimum absolute atomic E-state index is 0.0452. The van der Waals surface area contributed by atoms with Gasteiger partial charge in [-0.05, 0) is 44.1 Å². The number of nitrogens with one attached hydrogen (secondary N) is 1. The lowest BCUT2D eigenvalue weighted by Crippen LogP contribution is -2.31. The molecule has 0 radical (unpaired) electrons. The molecule has 2 unspecified atom stereocenters. The molecule has 2 fully saturated rings. The lowest BCUT2D eigenvalue weighted by molar-refractivity contribution is 0.453. The summed E-state index contributed by atoms with van der Waals surface area (Å²) in [6.45, 7) is 2.78. The van der Waals surface area contributed by atoms with Crippen LogP contribution < -0.4 is 21.9 Å². The Balaban J connectivity index is 1.55. The first kappa shape index (κ1) is 19.9. The number of nitrogens with zero attached hydrogens (tertiary/aromatic N) is 2. The van der Waals surface area contributed by atoms with Crippen LogP contribution >= 0.6 is 0 Å². The third kappa shape index (κ3) is 3.26. The van der Waals surface area contributed by atoms with E-state index in [9.17, 15) is 14.0 Å². The summed E-state index contributed by atoms with van der Waals surface area (Å²) in [5.74, 6) is -0.816. The summed E-state index contributed by atoms with van der Waals surface area (Å²) in [6.07, 6.45) is 3.61. The summed E-state index contributed by atoms with van der Waals surface area (Å²) in [6, 6.07) is 5.96. The number of halogens is 2. The van der Waals surface area contributed by atoms with Gasteiger partial charge in [-0.3, -0.25) is 14.2 Å². The Morgan fingerprint density at radius 3 is 2.58 bits per heavy atom. The quantitative estimate of drug-likeness (QED) is 0.672. The van der Waals surface area contributed by atoms with Gasteiger partial charge in [-0.2, -0.15) is 0 Å². The Labute approximate surface area is 177 Å². The number of H-pyrrole nitrogens is 1. The van der Waals surface area contributed by atoms with Gasteiger partial charge in [0.1, 0.15) is 5.82 Å². The lowest BCUT2D eigenvalue weighted by atomic mass is 9.93.